The van der Waals surface area contributed by atoms with Gasteiger partial charge in [-0.3, -0.25) is 4.72 Å². The first kappa shape index (κ1) is 14.9. The molecule has 0 heterocycles. The Hall–Kier alpha value is -1.54. The fourth-order valence-electron chi connectivity index (χ4n) is 1.42. The lowest BCUT2D eigenvalue weighted by molar-refractivity contribution is 0.504. The van der Waals surface area contributed by atoms with Gasteiger partial charge in [-0.05, 0) is 52.3 Å². The molecule has 0 saturated carbocycles. The molecule has 2 rings (SSSR count). The number of sulfonamides is 1. The first-order valence-corrected chi connectivity index (χ1v) is 7.50. The van der Waals surface area contributed by atoms with E-state index in [1.807, 2.05) is 0 Å². The van der Waals surface area contributed by atoms with Crippen molar-refractivity contribution in [2.75, 3.05) is 4.72 Å². The third-order valence-electron chi connectivity index (χ3n) is 2.37. The zero-order valence-electron chi connectivity index (χ0n) is 9.70. The molecule has 0 aromatic heterocycles. The molecular weight excluding hydrogens is 359 g/mol. The van der Waals surface area contributed by atoms with Gasteiger partial charge < -0.3 is 0 Å². The van der Waals surface area contributed by atoms with Crippen LogP contribution in [0.3, 0.4) is 0 Å². The summed E-state index contributed by atoms with van der Waals surface area (Å²) in [5.74, 6) is -2.97. The van der Waals surface area contributed by atoms with Gasteiger partial charge in [0.05, 0.1) is 15.1 Å². The Kier molecular flexibility index (Phi) is 4.05. The minimum atomic E-state index is -4.08. The Morgan fingerprint density at radius 2 is 1.55 bits per heavy atom. The molecule has 0 fully saturated rings. The van der Waals surface area contributed by atoms with Crippen LogP contribution in [0.2, 0.25) is 0 Å². The highest BCUT2D eigenvalue weighted by atomic mass is 79.9. The summed E-state index contributed by atoms with van der Waals surface area (Å²) >= 11 is 2.91. The molecule has 0 aliphatic carbocycles. The molecule has 0 aliphatic heterocycles. The van der Waals surface area contributed by atoms with Crippen LogP contribution in [0, 0.1) is 17.5 Å². The first-order valence-electron chi connectivity index (χ1n) is 5.22. The molecule has 0 amide bonds. The van der Waals surface area contributed by atoms with Gasteiger partial charge in [-0.15, -0.1) is 0 Å². The Morgan fingerprint density at radius 3 is 2.15 bits per heavy atom. The number of rotatable bonds is 3. The van der Waals surface area contributed by atoms with Gasteiger partial charge in [0, 0.05) is 0 Å². The number of hydrogen-bond acceptors (Lipinski definition) is 2. The van der Waals surface area contributed by atoms with Crippen LogP contribution >= 0.6 is 15.9 Å². The number of halogens is 4. The molecule has 3 nitrogen and oxygen atoms in total. The normalized spacial score (nSPS) is 11.4. The van der Waals surface area contributed by atoms with Crippen molar-refractivity contribution in [1.29, 1.82) is 0 Å². The van der Waals surface area contributed by atoms with E-state index < -0.39 is 32.4 Å². The predicted molar refractivity (Wildman–Crippen MR) is 71.3 cm³/mol. The average molecular weight is 366 g/mol. The summed E-state index contributed by atoms with van der Waals surface area (Å²) in [4.78, 5) is -0.433. The second kappa shape index (κ2) is 5.45. The summed E-state index contributed by atoms with van der Waals surface area (Å²) in [5.41, 5.74) is 0.0861. The zero-order chi connectivity index (χ0) is 14.9. The quantitative estimate of drug-likeness (QED) is 0.901. The third kappa shape index (κ3) is 3.13. The van der Waals surface area contributed by atoms with Crippen LogP contribution in [0.5, 0.6) is 0 Å². The zero-order valence-corrected chi connectivity index (χ0v) is 12.1. The third-order valence-corrected chi connectivity index (χ3v) is 4.36. The molecule has 106 valence electrons. The molecule has 0 saturated heterocycles. The predicted octanol–water partition coefficient (Wildman–Crippen LogP) is 3.67. The van der Waals surface area contributed by atoms with Crippen LogP contribution in [0.15, 0.2) is 45.8 Å². The molecule has 2 aromatic carbocycles. The van der Waals surface area contributed by atoms with Gasteiger partial charge in [0.1, 0.15) is 5.82 Å². The van der Waals surface area contributed by atoms with Crippen molar-refractivity contribution in [3.05, 3.63) is 58.3 Å². The Bertz CT molecular complexity index is 765. The molecule has 0 bridgehead atoms. The fraction of sp³-hybridized carbons (Fsp3) is 0. The van der Waals surface area contributed by atoms with E-state index in [0.29, 0.717) is 12.1 Å². The van der Waals surface area contributed by atoms with E-state index in [4.69, 9.17) is 0 Å². The van der Waals surface area contributed by atoms with Crippen LogP contribution < -0.4 is 4.72 Å². The van der Waals surface area contributed by atoms with Crippen molar-refractivity contribution >= 4 is 31.6 Å². The van der Waals surface area contributed by atoms with E-state index >= 15 is 0 Å². The van der Waals surface area contributed by atoms with Crippen LogP contribution in [0.1, 0.15) is 0 Å². The highest BCUT2D eigenvalue weighted by molar-refractivity contribution is 9.10. The number of nitrogens with one attached hydrogen (secondary N) is 1. The van der Waals surface area contributed by atoms with Gasteiger partial charge in [0.25, 0.3) is 10.0 Å². The lowest BCUT2D eigenvalue weighted by Crippen LogP contribution is -2.13. The van der Waals surface area contributed by atoms with Gasteiger partial charge in [0.2, 0.25) is 0 Å². The Morgan fingerprint density at radius 1 is 0.900 bits per heavy atom. The number of benzene rings is 2. The molecule has 8 heteroatoms. The number of hydrogen-bond donors (Lipinski definition) is 1. The van der Waals surface area contributed by atoms with Crippen molar-refractivity contribution in [2.24, 2.45) is 0 Å². The van der Waals surface area contributed by atoms with Crippen molar-refractivity contribution in [1.82, 2.24) is 0 Å². The van der Waals surface area contributed by atoms with Crippen LogP contribution in [-0.4, -0.2) is 8.42 Å². The molecule has 1 N–H and O–H groups in total. The second-order valence-corrected chi connectivity index (χ2v) is 6.35. The molecular formula is C12H7BrF3NO2S. The Labute approximate surface area is 121 Å². The standard InChI is InChI=1S/C12H7BrF3NO2S/c13-9-5-7(1-3-10(9)14)17-20(18,19)8-2-4-11(15)12(16)6-8/h1-6,17H. The average Bonchev–Trinajstić information content (AvgIpc) is 2.37. The van der Waals surface area contributed by atoms with Gasteiger partial charge >= 0.3 is 0 Å². The molecule has 20 heavy (non-hydrogen) atoms. The monoisotopic (exact) mass is 365 g/mol. The molecule has 0 spiro atoms. The van der Waals surface area contributed by atoms with Crippen molar-refractivity contribution < 1.29 is 21.6 Å². The minimum absolute atomic E-state index is 0.0722. The summed E-state index contributed by atoms with van der Waals surface area (Å²) in [7, 11) is -4.08. The highest BCUT2D eigenvalue weighted by Crippen LogP contribution is 2.23. The van der Waals surface area contributed by atoms with Gasteiger partial charge in [0.15, 0.2) is 11.6 Å². The maximum atomic E-state index is 13.0. The maximum absolute atomic E-state index is 13.0. The summed E-state index contributed by atoms with van der Waals surface area (Å²) in [6.07, 6.45) is 0. The summed E-state index contributed by atoms with van der Waals surface area (Å²) in [6, 6.07) is 5.69. The van der Waals surface area contributed by atoms with Crippen molar-refractivity contribution in [2.45, 2.75) is 4.90 Å². The highest BCUT2D eigenvalue weighted by Gasteiger charge is 2.17. The summed E-state index contributed by atoms with van der Waals surface area (Å²) in [6.45, 7) is 0. The lowest BCUT2D eigenvalue weighted by atomic mass is 10.3. The molecule has 0 unspecified atom stereocenters. The summed E-state index contributed by atoms with van der Waals surface area (Å²) < 4.78 is 65.0. The minimum Gasteiger partial charge on any atom is -0.280 e. The summed E-state index contributed by atoms with van der Waals surface area (Å²) in [5, 5.41) is 0. The van der Waals surface area contributed by atoms with Crippen LogP contribution in [-0.2, 0) is 10.0 Å². The second-order valence-electron chi connectivity index (χ2n) is 3.81. The molecule has 0 atom stereocenters. The number of anilines is 1. The topological polar surface area (TPSA) is 46.2 Å². The van der Waals surface area contributed by atoms with Crippen molar-refractivity contribution in [3.8, 4) is 0 Å². The van der Waals surface area contributed by atoms with E-state index in [1.165, 1.54) is 12.1 Å². The first-order chi connectivity index (χ1) is 9.29. The molecule has 2 aromatic rings. The smallest absolute Gasteiger partial charge is 0.261 e. The SMILES string of the molecule is O=S(=O)(Nc1ccc(F)c(Br)c1)c1ccc(F)c(F)c1. The molecule has 0 aliphatic rings. The van der Waals surface area contributed by atoms with E-state index in [0.717, 1.165) is 12.1 Å². The maximum Gasteiger partial charge on any atom is 0.261 e. The van der Waals surface area contributed by atoms with Gasteiger partial charge in [-0.1, -0.05) is 0 Å². The lowest BCUT2D eigenvalue weighted by Gasteiger charge is -2.09. The van der Waals surface area contributed by atoms with E-state index in [-0.39, 0.29) is 10.2 Å². The van der Waals surface area contributed by atoms with Crippen LogP contribution in [0.25, 0.3) is 0 Å². The molecule has 0 radical (unpaired) electrons. The van der Waals surface area contributed by atoms with Crippen LogP contribution in [0.4, 0.5) is 18.9 Å². The van der Waals surface area contributed by atoms with E-state index in [9.17, 15) is 21.6 Å². The van der Waals surface area contributed by atoms with Crippen molar-refractivity contribution in [3.63, 3.8) is 0 Å². The van der Waals surface area contributed by atoms with Gasteiger partial charge in [-0.2, -0.15) is 0 Å². The fourth-order valence-corrected chi connectivity index (χ4v) is 2.86. The largest absolute Gasteiger partial charge is 0.280 e. The van der Waals surface area contributed by atoms with E-state index in [1.54, 1.807) is 0 Å². The Balaban J connectivity index is 2.35. The van der Waals surface area contributed by atoms with Gasteiger partial charge in [-0.25, -0.2) is 21.6 Å². The van der Waals surface area contributed by atoms with E-state index in [2.05, 4.69) is 20.7 Å².